The molecule has 0 unspecified atom stereocenters. The number of ether oxygens (including phenoxy) is 4. The number of hydrogen-bond acceptors (Lipinski definition) is 7. The summed E-state index contributed by atoms with van der Waals surface area (Å²) in [5, 5.41) is 0. The van der Waals surface area contributed by atoms with Crippen LogP contribution in [0.4, 0.5) is 0 Å². The third-order valence-electron chi connectivity index (χ3n) is 5.26. The number of esters is 1. The summed E-state index contributed by atoms with van der Waals surface area (Å²) in [6.07, 6.45) is 4.98. The number of benzene rings is 1. The summed E-state index contributed by atoms with van der Waals surface area (Å²) in [7, 11) is 4.52. The van der Waals surface area contributed by atoms with Crippen molar-refractivity contribution in [3.63, 3.8) is 0 Å². The summed E-state index contributed by atoms with van der Waals surface area (Å²) in [5.41, 5.74) is 0.665. The zero-order valence-corrected chi connectivity index (χ0v) is 16.8. The predicted octanol–water partition coefficient (Wildman–Crippen LogP) is 2.10. The van der Waals surface area contributed by atoms with Crippen molar-refractivity contribution < 1.29 is 33.3 Å². The number of hydrogen-bond donors (Lipinski definition) is 0. The second-order valence-corrected chi connectivity index (χ2v) is 6.93. The fourth-order valence-corrected chi connectivity index (χ4v) is 3.75. The number of allylic oxidation sites excluding steroid dienone is 2. The van der Waals surface area contributed by atoms with Crippen molar-refractivity contribution in [3.05, 3.63) is 29.8 Å². The molecule has 156 valence electrons. The van der Waals surface area contributed by atoms with Gasteiger partial charge in [-0.2, -0.15) is 0 Å². The molecule has 1 aromatic rings. The molecule has 1 heterocycles. The first kappa shape index (κ1) is 20.7. The van der Waals surface area contributed by atoms with E-state index in [0.717, 1.165) is 0 Å². The van der Waals surface area contributed by atoms with E-state index < -0.39 is 5.97 Å². The van der Waals surface area contributed by atoms with Gasteiger partial charge in [-0.25, -0.2) is 0 Å². The van der Waals surface area contributed by atoms with Crippen molar-refractivity contribution in [3.8, 4) is 17.2 Å². The van der Waals surface area contributed by atoms with Crippen molar-refractivity contribution in [1.29, 1.82) is 0 Å². The number of imide groups is 1. The number of carbonyl (C=O) groups is 3. The van der Waals surface area contributed by atoms with Crippen molar-refractivity contribution in [2.24, 2.45) is 11.8 Å². The van der Waals surface area contributed by atoms with Crippen molar-refractivity contribution in [1.82, 2.24) is 4.90 Å². The lowest BCUT2D eigenvalue weighted by Crippen LogP contribution is -2.33. The zero-order valence-electron chi connectivity index (χ0n) is 16.8. The predicted molar refractivity (Wildman–Crippen MR) is 103 cm³/mol. The van der Waals surface area contributed by atoms with Crippen molar-refractivity contribution in [2.75, 3.05) is 27.9 Å². The number of methoxy groups -OCH3 is 3. The summed E-state index contributed by atoms with van der Waals surface area (Å²) in [4.78, 5) is 38.2. The maximum absolute atomic E-state index is 12.4. The Balaban J connectivity index is 1.56. The number of nitrogens with zero attached hydrogens (tertiary/aromatic N) is 1. The minimum absolute atomic E-state index is 0.00656. The summed E-state index contributed by atoms with van der Waals surface area (Å²) in [5.74, 6) is -0.0850. The number of amides is 2. The highest BCUT2D eigenvalue weighted by Gasteiger charge is 2.46. The molecule has 8 nitrogen and oxygen atoms in total. The fourth-order valence-electron chi connectivity index (χ4n) is 3.75. The lowest BCUT2D eigenvalue weighted by atomic mass is 9.85. The maximum atomic E-state index is 12.4. The minimum atomic E-state index is -0.493. The molecule has 1 fully saturated rings. The molecule has 0 saturated carbocycles. The first-order valence-electron chi connectivity index (χ1n) is 9.44. The second kappa shape index (κ2) is 8.98. The Kier molecular flexibility index (Phi) is 6.41. The van der Waals surface area contributed by atoms with Gasteiger partial charge in [0.1, 0.15) is 6.61 Å². The van der Waals surface area contributed by atoms with Crippen LogP contribution in [0.1, 0.15) is 24.8 Å². The lowest BCUT2D eigenvalue weighted by Gasteiger charge is -2.15. The van der Waals surface area contributed by atoms with E-state index in [-0.39, 0.29) is 43.2 Å². The normalized spacial score (nSPS) is 20.4. The van der Waals surface area contributed by atoms with Crippen LogP contribution in [0.3, 0.4) is 0 Å². The average Bonchev–Trinajstić information content (AvgIpc) is 2.99. The largest absolute Gasteiger partial charge is 0.493 e. The zero-order chi connectivity index (χ0) is 21.0. The Morgan fingerprint density at radius 3 is 2.00 bits per heavy atom. The van der Waals surface area contributed by atoms with Gasteiger partial charge < -0.3 is 18.9 Å². The van der Waals surface area contributed by atoms with E-state index in [4.69, 9.17) is 18.9 Å². The lowest BCUT2D eigenvalue weighted by molar-refractivity contribution is -0.146. The van der Waals surface area contributed by atoms with Gasteiger partial charge in [0, 0.05) is 6.54 Å². The van der Waals surface area contributed by atoms with Gasteiger partial charge in [0.15, 0.2) is 11.5 Å². The van der Waals surface area contributed by atoms with Crippen molar-refractivity contribution >= 4 is 17.8 Å². The monoisotopic (exact) mass is 403 g/mol. The molecule has 1 aliphatic heterocycles. The second-order valence-electron chi connectivity index (χ2n) is 6.93. The van der Waals surface area contributed by atoms with Crippen LogP contribution in [0.25, 0.3) is 0 Å². The molecule has 0 radical (unpaired) electrons. The highest BCUT2D eigenvalue weighted by Crippen LogP contribution is 2.38. The molecule has 8 heteroatoms. The van der Waals surface area contributed by atoms with Gasteiger partial charge in [0.2, 0.25) is 17.6 Å². The van der Waals surface area contributed by atoms with Gasteiger partial charge >= 0.3 is 5.97 Å². The number of carbonyl (C=O) groups excluding carboxylic acids is 3. The van der Waals surface area contributed by atoms with Crippen LogP contribution in [-0.2, 0) is 25.7 Å². The summed E-state index contributed by atoms with van der Waals surface area (Å²) in [6, 6.07) is 3.39. The third-order valence-corrected chi connectivity index (χ3v) is 5.26. The molecule has 0 bridgehead atoms. The minimum Gasteiger partial charge on any atom is -0.493 e. The SMILES string of the molecule is COc1cc(COC(=O)CCN2C(=O)[C@H]3CC=CC[C@H]3C2=O)cc(OC)c1OC. The molecule has 0 spiro atoms. The van der Waals surface area contributed by atoms with Crippen LogP contribution in [0.5, 0.6) is 17.2 Å². The van der Waals surface area contributed by atoms with Gasteiger partial charge in [-0.3, -0.25) is 19.3 Å². The van der Waals surface area contributed by atoms with Crippen LogP contribution < -0.4 is 14.2 Å². The molecule has 2 atom stereocenters. The highest BCUT2D eigenvalue weighted by molar-refractivity contribution is 6.05. The van der Waals surface area contributed by atoms with Gasteiger partial charge in [-0.15, -0.1) is 0 Å². The Bertz CT molecular complexity index is 781. The Labute approximate surface area is 169 Å². The van der Waals surface area contributed by atoms with Crippen LogP contribution in [0.15, 0.2) is 24.3 Å². The van der Waals surface area contributed by atoms with Gasteiger partial charge in [0.25, 0.3) is 0 Å². The molecule has 2 aliphatic rings. The van der Waals surface area contributed by atoms with Gasteiger partial charge in [-0.1, -0.05) is 12.2 Å². The Morgan fingerprint density at radius 1 is 0.966 bits per heavy atom. The van der Waals surface area contributed by atoms with E-state index in [9.17, 15) is 14.4 Å². The van der Waals surface area contributed by atoms with Gasteiger partial charge in [0.05, 0.1) is 39.6 Å². The van der Waals surface area contributed by atoms with Crippen LogP contribution in [0.2, 0.25) is 0 Å². The van der Waals surface area contributed by atoms with Crippen LogP contribution >= 0.6 is 0 Å². The molecule has 0 aromatic heterocycles. The van der Waals surface area contributed by atoms with Crippen molar-refractivity contribution in [2.45, 2.75) is 25.9 Å². The van der Waals surface area contributed by atoms with E-state index in [2.05, 4.69) is 0 Å². The maximum Gasteiger partial charge on any atom is 0.307 e. The fraction of sp³-hybridized carbons (Fsp3) is 0.476. The van der Waals surface area contributed by atoms with E-state index >= 15 is 0 Å². The molecular weight excluding hydrogens is 378 g/mol. The molecular formula is C21H25NO7. The molecule has 2 amide bonds. The molecule has 0 N–H and O–H groups in total. The number of rotatable bonds is 8. The van der Waals surface area contributed by atoms with Crippen LogP contribution in [0, 0.1) is 11.8 Å². The van der Waals surface area contributed by atoms with Gasteiger partial charge in [-0.05, 0) is 30.5 Å². The first-order valence-corrected chi connectivity index (χ1v) is 9.44. The quantitative estimate of drug-likeness (QED) is 0.373. The molecule has 1 aromatic carbocycles. The standard InChI is InChI=1S/C21H25NO7/c1-26-16-10-13(11-17(27-2)19(16)28-3)12-29-18(23)8-9-22-20(24)14-6-4-5-7-15(14)21(22)25/h4-5,10-11,14-15H,6-9,12H2,1-3H3/t14-,15+. The number of fused-ring (bicyclic) bond motifs is 1. The smallest absolute Gasteiger partial charge is 0.307 e. The average molecular weight is 403 g/mol. The topological polar surface area (TPSA) is 91.4 Å². The summed E-state index contributed by atoms with van der Waals surface area (Å²) >= 11 is 0. The van der Waals surface area contributed by atoms with Crippen LogP contribution in [-0.4, -0.2) is 50.6 Å². The molecule has 29 heavy (non-hydrogen) atoms. The summed E-state index contributed by atoms with van der Waals surface area (Å²) < 4.78 is 21.1. The first-order chi connectivity index (χ1) is 14.0. The molecule has 1 saturated heterocycles. The molecule has 3 rings (SSSR count). The van der Waals surface area contributed by atoms with E-state index in [1.54, 1.807) is 12.1 Å². The highest BCUT2D eigenvalue weighted by atomic mass is 16.5. The van der Waals surface area contributed by atoms with E-state index in [1.807, 2.05) is 12.2 Å². The van der Waals surface area contributed by atoms with E-state index in [0.29, 0.717) is 35.7 Å². The molecule has 1 aliphatic carbocycles. The Hall–Kier alpha value is -3.03. The Morgan fingerprint density at radius 2 is 1.52 bits per heavy atom. The van der Waals surface area contributed by atoms with E-state index in [1.165, 1.54) is 26.2 Å². The third kappa shape index (κ3) is 4.21. The summed E-state index contributed by atoms with van der Waals surface area (Å²) in [6.45, 7) is 0.0470. The number of likely N-dealkylation sites (tertiary alicyclic amines) is 1.